The molecule has 0 amide bonds. The zero-order chi connectivity index (χ0) is 13.8. The fourth-order valence-electron chi connectivity index (χ4n) is 2.97. The van der Waals surface area contributed by atoms with Gasteiger partial charge in [0.05, 0.1) is 0 Å². The number of rotatable bonds is 4. The van der Waals surface area contributed by atoms with Crippen molar-refractivity contribution >= 4 is 15.9 Å². The molecule has 1 fully saturated rings. The van der Waals surface area contributed by atoms with Crippen molar-refractivity contribution < 1.29 is 4.39 Å². The zero-order valence-electron chi connectivity index (χ0n) is 11.3. The van der Waals surface area contributed by atoms with Crippen molar-refractivity contribution in [2.75, 3.05) is 0 Å². The maximum Gasteiger partial charge on any atom is 0.127 e. The molecule has 106 valence electrons. The van der Waals surface area contributed by atoms with Gasteiger partial charge in [0.2, 0.25) is 0 Å². The molecule has 0 heterocycles. The van der Waals surface area contributed by atoms with Crippen molar-refractivity contribution in [3.8, 4) is 0 Å². The van der Waals surface area contributed by atoms with Crippen molar-refractivity contribution in [1.29, 1.82) is 0 Å². The van der Waals surface area contributed by atoms with Gasteiger partial charge in [-0.25, -0.2) is 4.39 Å². The molecule has 2 rings (SSSR count). The highest BCUT2D eigenvalue weighted by Gasteiger charge is 2.26. The van der Waals surface area contributed by atoms with Crippen molar-refractivity contribution in [2.24, 2.45) is 17.7 Å². The molecular weight excluding hydrogens is 307 g/mol. The Kier molecular flexibility index (Phi) is 5.37. The first-order valence-electron chi connectivity index (χ1n) is 7.00. The summed E-state index contributed by atoms with van der Waals surface area (Å²) in [7, 11) is 0. The van der Waals surface area contributed by atoms with Crippen LogP contribution in [0.25, 0.3) is 0 Å². The lowest BCUT2D eigenvalue weighted by molar-refractivity contribution is 0.229. The maximum absolute atomic E-state index is 13.9. The molecule has 2 nitrogen and oxygen atoms in total. The van der Waals surface area contributed by atoms with Gasteiger partial charge in [0, 0.05) is 10.5 Å². The summed E-state index contributed by atoms with van der Waals surface area (Å²) in [6, 6.07) is 5.42. The van der Waals surface area contributed by atoms with Gasteiger partial charge in [-0.1, -0.05) is 41.8 Å². The van der Waals surface area contributed by atoms with Crippen LogP contribution in [0.1, 0.15) is 38.2 Å². The molecule has 1 saturated carbocycles. The van der Waals surface area contributed by atoms with Crippen LogP contribution in [0.4, 0.5) is 4.39 Å². The van der Waals surface area contributed by atoms with Crippen molar-refractivity contribution in [2.45, 2.75) is 45.1 Å². The van der Waals surface area contributed by atoms with Crippen molar-refractivity contribution in [3.05, 3.63) is 34.1 Å². The van der Waals surface area contributed by atoms with Gasteiger partial charge >= 0.3 is 0 Å². The Bertz CT molecular complexity index is 417. The molecule has 0 saturated heterocycles. The van der Waals surface area contributed by atoms with Crippen molar-refractivity contribution in [3.63, 3.8) is 0 Å². The molecule has 1 aromatic carbocycles. The second-order valence-electron chi connectivity index (χ2n) is 5.73. The largest absolute Gasteiger partial charge is 0.271 e. The first kappa shape index (κ1) is 14.9. The summed E-state index contributed by atoms with van der Waals surface area (Å²) in [6.45, 7) is 2.30. The van der Waals surface area contributed by atoms with E-state index >= 15 is 0 Å². The lowest BCUT2D eigenvalue weighted by Gasteiger charge is -2.32. The molecule has 0 bridgehead atoms. The minimum Gasteiger partial charge on any atom is -0.271 e. The highest BCUT2D eigenvalue weighted by atomic mass is 79.9. The van der Waals surface area contributed by atoms with E-state index in [1.54, 1.807) is 0 Å². The molecule has 1 aliphatic carbocycles. The summed E-state index contributed by atoms with van der Waals surface area (Å²) in [5.41, 5.74) is 3.64. The van der Waals surface area contributed by atoms with E-state index in [1.165, 1.54) is 31.7 Å². The molecule has 0 aliphatic heterocycles. The molecule has 1 unspecified atom stereocenters. The first-order valence-corrected chi connectivity index (χ1v) is 7.79. The SMILES string of the molecule is CC1CCC(C(Cc2ccc(Br)cc2F)NN)CC1. The number of nitrogens with two attached hydrogens (primary N) is 1. The third-order valence-electron chi connectivity index (χ3n) is 4.30. The second-order valence-corrected chi connectivity index (χ2v) is 6.65. The zero-order valence-corrected chi connectivity index (χ0v) is 12.9. The van der Waals surface area contributed by atoms with Gasteiger partial charge in [-0.2, -0.15) is 0 Å². The van der Waals surface area contributed by atoms with Gasteiger partial charge in [-0.05, 0) is 48.8 Å². The van der Waals surface area contributed by atoms with Gasteiger partial charge in [0.25, 0.3) is 0 Å². The molecule has 0 radical (unpaired) electrons. The summed E-state index contributed by atoms with van der Waals surface area (Å²) in [4.78, 5) is 0. The lowest BCUT2D eigenvalue weighted by atomic mass is 9.78. The molecular formula is C15H22BrFN2. The Morgan fingerprint density at radius 3 is 2.63 bits per heavy atom. The highest BCUT2D eigenvalue weighted by molar-refractivity contribution is 9.10. The topological polar surface area (TPSA) is 38.0 Å². The Hall–Kier alpha value is -0.450. The third-order valence-corrected chi connectivity index (χ3v) is 4.79. The first-order chi connectivity index (χ1) is 9.10. The molecule has 4 heteroatoms. The fourth-order valence-corrected chi connectivity index (χ4v) is 3.31. The Labute approximate surface area is 123 Å². The van der Waals surface area contributed by atoms with Crippen molar-refractivity contribution in [1.82, 2.24) is 5.43 Å². The van der Waals surface area contributed by atoms with Crippen LogP contribution >= 0.6 is 15.9 Å². The van der Waals surface area contributed by atoms with E-state index in [9.17, 15) is 4.39 Å². The Balaban J connectivity index is 2.02. The van der Waals surface area contributed by atoms with Crippen LogP contribution in [-0.2, 0) is 6.42 Å². The Morgan fingerprint density at radius 1 is 1.37 bits per heavy atom. The number of nitrogens with one attached hydrogen (secondary N) is 1. The average Bonchev–Trinajstić information content (AvgIpc) is 2.39. The fraction of sp³-hybridized carbons (Fsp3) is 0.600. The number of hydrazine groups is 1. The predicted molar refractivity (Wildman–Crippen MR) is 80.0 cm³/mol. The van der Waals surface area contributed by atoms with E-state index in [1.807, 2.05) is 12.1 Å². The van der Waals surface area contributed by atoms with Gasteiger partial charge in [-0.3, -0.25) is 11.3 Å². The predicted octanol–water partition coefficient (Wildman–Crippen LogP) is 3.79. The van der Waals surface area contributed by atoms with E-state index in [4.69, 9.17) is 5.84 Å². The molecule has 1 atom stereocenters. The van der Waals surface area contributed by atoms with Gasteiger partial charge in [0.15, 0.2) is 0 Å². The van der Waals surface area contributed by atoms with Crippen LogP contribution in [0.15, 0.2) is 22.7 Å². The molecule has 1 aliphatic rings. The number of benzene rings is 1. The molecule has 0 aromatic heterocycles. The molecule has 1 aromatic rings. The molecule has 19 heavy (non-hydrogen) atoms. The van der Waals surface area contributed by atoms with Crippen LogP contribution in [0.5, 0.6) is 0 Å². The maximum atomic E-state index is 13.9. The molecule has 0 spiro atoms. The van der Waals surface area contributed by atoms with Crippen LogP contribution < -0.4 is 11.3 Å². The van der Waals surface area contributed by atoms with Crippen LogP contribution in [0, 0.1) is 17.7 Å². The van der Waals surface area contributed by atoms with Crippen LogP contribution in [0.2, 0.25) is 0 Å². The van der Waals surface area contributed by atoms with Gasteiger partial charge in [0.1, 0.15) is 5.82 Å². The normalized spacial score (nSPS) is 25.3. The van der Waals surface area contributed by atoms with E-state index < -0.39 is 0 Å². The highest BCUT2D eigenvalue weighted by Crippen LogP contribution is 2.31. The number of hydrogen-bond acceptors (Lipinski definition) is 2. The van der Waals surface area contributed by atoms with E-state index in [-0.39, 0.29) is 11.9 Å². The van der Waals surface area contributed by atoms with E-state index in [0.29, 0.717) is 12.3 Å². The summed E-state index contributed by atoms with van der Waals surface area (Å²) in [5, 5.41) is 0. The van der Waals surface area contributed by atoms with Crippen LogP contribution in [0.3, 0.4) is 0 Å². The number of hydrogen-bond donors (Lipinski definition) is 2. The van der Waals surface area contributed by atoms with Gasteiger partial charge in [-0.15, -0.1) is 0 Å². The standard InChI is InChI=1S/C15H22BrFN2/c1-10-2-4-11(5-3-10)15(19-18)8-12-6-7-13(16)9-14(12)17/h6-7,9-11,15,19H,2-5,8,18H2,1H3. The van der Waals surface area contributed by atoms with Gasteiger partial charge < -0.3 is 0 Å². The van der Waals surface area contributed by atoms with E-state index in [2.05, 4.69) is 28.3 Å². The second kappa shape index (κ2) is 6.82. The monoisotopic (exact) mass is 328 g/mol. The Morgan fingerprint density at radius 2 is 2.05 bits per heavy atom. The lowest BCUT2D eigenvalue weighted by Crippen LogP contribution is -2.43. The average molecular weight is 329 g/mol. The third kappa shape index (κ3) is 4.01. The minimum atomic E-state index is -0.154. The number of halogens is 2. The summed E-state index contributed by atoms with van der Waals surface area (Å²) >= 11 is 3.28. The minimum absolute atomic E-state index is 0.154. The smallest absolute Gasteiger partial charge is 0.127 e. The summed E-state index contributed by atoms with van der Waals surface area (Å²) in [6.07, 6.45) is 5.55. The summed E-state index contributed by atoms with van der Waals surface area (Å²) < 4.78 is 14.7. The quantitative estimate of drug-likeness (QED) is 0.651. The summed E-state index contributed by atoms with van der Waals surface area (Å²) in [5.74, 6) is 6.91. The molecule has 3 N–H and O–H groups in total. The van der Waals surface area contributed by atoms with E-state index in [0.717, 1.165) is 16.0 Å². The van der Waals surface area contributed by atoms with Crippen LogP contribution in [-0.4, -0.2) is 6.04 Å².